The number of benzene rings is 1. The van der Waals surface area contributed by atoms with Crippen LogP contribution in [0.4, 0.5) is 8.78 Å². The van der Waals surface area contributed by atoms with Gasteiger partial charge in [0.25, 0.3) is 0 Å². The summed E-state index contributed by atoms with van der Waals surface area (Å²) in [7, 11) is 0. The smallest absolute Gasteiger partial charge is 0.200 e. The van der Waals surface area contributed by atoms with Crippen LogP contribution in [0.2, 0.25) is 0 Å². The summed E-state index contributed by atoms with van der Waals surface area (Å²) in [6.45, 7) is 4.42. The number of halogens is 2. The topological polar surface area (TPSA) is 9.23 Å². The van der Waals surface area contributed by atoms with E-state index in [1.165, 1.54) is 64.2 Å². The zero-order valence-electron chi connectivity index (χ0n) is 19.2. The van der Waals surface area contributed by atoms with E-state index in [0.29, 0.717) is 12.2 Å². The lowest BCUT2D eigenvalue weighted by Crippen LogP contribution is -2.18. The van der Waals surface area contributed by atoms with E-state index in [9.17, 15) is 8.78 Å². The van der Waals surface area contributed by atoms with E-state index in [-0.39, 0.29) is 11.7 Å². The van der Waals surface area contributed by atoms with Gasteiger partial charge in [-0.3, -0.25) is 0 Å². The maximum absolute atomic E-state index is 14.5. The first-order chi connectivity index (χ1) is 14.6. The molecular formula is C27H42F2O. The molecule has 2 saturated carbocycles. The standard InChI is InChI=1S/C27H42F2O/c1-3-5-6-7-20-8-10-21(11-9-20)12-13-22-14-16-23(17-15-22)24-18-19-25(30-4-2)27(29)26(24)28/h18-23H,3-17H2,1-2H3/t20?,21?,22-,23-. The largest absolute Gasteiger partial charge is 0.491 e. The molecule has 1 aromatic rings. The Balaban J connectivity index is 1.38. The van der Waals surface area contributed by atoms with Gasteiger partial charge in [0.1, 0.15) is 0 Å². The van der Waals surface area contributed by atoms with Crippen LogP contribution in [0.1, 0.15) is 115 Å². The Morgan fingerprint density at radius 1 is 0.733 bits per heavy atom. The second-order valence-corrected chi connectivity index (χ2v) is 9.89. The molecule has 0 bridgehead atoms. The van der Waals surface area contributed by atoms with Crippen molar-refractivity contribution < 1.29 is 13.5 Å². The van der Waals surface area contributed by atoms with Crippen LogP contribution in [0.25, 0.3) is 0 Å². The maximum Gasteiger partial charge on any atom is 0.200 e. The second kappa shape index (κ2) is 12.1. The molecule has 0 radical (unpaired) electrons. The summed E-state index contributed by atoms with van der Waals surface area (Å²) in [5.74, 6) is 1.38. The van der Waals surface area contributed by atoms with Crippen molar-refractivity contribution in [3.05, 3.63) is 29.3 Å². The number of ether oxygens (including phenoxy) is 1. The van der Waals surface area contributed by atoms with Crippen molar-refractivity contribution in [1.82, 2.24) is 0 Å². The highest BCUT2D eigenvalue weighted by atomic mass is 19.2. The van der Waals surface area contributed by atoms with Crippen LogP contribution in [0.5, 0.6) is 5.75 Å². The predicted molar refractivity (Wildman–Crippen MR) is 121 cm³/mol. The molecule has 1 nitrogen and oxygen atoms in total. The number of hydrogen-bond acceptors (Lipinski definition) is 1. The molecule has 3 heteroatoms. The number of hydrogen-bond donors (Lipinski definition) is 0. The zero-order chi connectivity index (χ0) is 21.3. The molecule has 0 aromatic heterocycles. The van der Waals surface area contributed by atoms with Crippen LogP contribution in [-0.2, 0) is 0 Å². The summed E-state index contributed by atoms with van der Waals surface area (Å²) < 4.78 is 33.9. The Hall–Kier alpha value is -1.12. The van der Waals surface area contributed by atoms with E-state index >= 15 is 0 Å². The molecule has 0 unspecified atom stereocenters. The van der Waals surface area contributed by atoms with E-state index < -0.39 is 11.6 Å². The molecule has 3 rings (SSSR count). The Kier molecular flexibility index (Phi) is 9.46. The SMILES string of the molecule is CCCCCC1CCC(CC[C@H]2CC[C@H](c3ccc(OCC)c(F)c3F)CC2)CC1. The summed E-state index contributed by atoms with van der Waals surface area (Å²) in [6, 6.07) is 3.34. The Morgan fingerprint density at radius 3 is 1.87 bits per heavy atom. The average Bonchev–Trinajstić information content (AvgIpc) is 2.77. The zero-order valence-corrected chi connectivity index (χ0v) is 19.2. The van der Waals surface area contributed by atoms with E-state index in [1.54, 1.807) is 19.1 Å². The molecular weight excluding hydrogens is 378 g/mol. The van der Waals surface area contributed by atoms with Gasteiger partial charge in [-0.05, 0) is 67.9 Å². The summed E-state index contributed by atoms with van der Waals surface area (Å²) in [6.07, 6.45) is 18.4. The fourth-order valence-corrected chi connectivity index (χ4v) is 5.85. The van der Waals surface area contributed by atoms with E-state index in [4.69, 9.17) is 4.74 Å². The van der Waals surface area contributed by atoms with Crippen LogP contribution >= 0.6 is 0 Å². The summed E-state index contributed by atoms with van der Waals surface area (Å²) in [4.78, 5) is 0. The minimum atomic E-state index is -0.818. The van der Waals surface area contributed by atoms with E-state index in [0.717, 1.165) is 43.4 Å². The predicted octanol–water partition coefficient (Wildman–Crippen LogP) is 8.80. The molecule has 0 saturated heterocycles. The lowest BCUT2D eigenvalue weighted by molar-refractivity contribution is 0.221. The highest BCUT2D eigenvalue weighted by molar-refractivity contribution is 5.33. The first kappa shape index (κ1) is 23.5. The quantitative estimate of drug-likeness (QED) is 0.344. The molecule has 0 atom stereocenters. The van der Waals surface area contributed by atoms with Gasteiger partial charge in [0.05, 0.1) is 6.61 Å². The van der Waals surface area contributed by atoms with Gasteiger partial charge in [0, 0.05) is 0 Å². The Bertz CT molecular complexity index is 628. The highest BCUT2D eigenvalue weighted by Gasteiger charge is 2.28. The van der Waals surface area contributed by atoms with Gasteiger partial charge < -0.3 is 4.74 Å². The van der Waals surface area contributed by atoms with Gasteiger partial charge in [0.2, 0.25) is 5.82 Å². The van der Waals surface area contributed by atoms with Crippen LogP contribution in [0.3, 0.4) is 0 Å². The molecule has 2 aliphatic rings. The summed E-state index contributed by atoms with van der Waals surface area (Å²) in [5, 5.41) is 0. The van der Waals surface area contributed by atoms with Crippen molar-refractivity contribution in [2.45, 2.75) is 110 Å². The average molecular weight is 421 g/mol. The third-order valence-electron chi connectivity index (χ3n) is 7.83. The van der Waals surface area contributed by atoms with Crippen molar-refractivity contribution in [1.29, 1.82) is 0 Å². The maximum atomic E-state index is 14.5. The Morgan fingerprint density at radius 2 is 1.30 bits per heavy atom. The molecule has 0 heterocycles. The van der Waals surface area contributed by atoms with E-state index in [1.807, 2.05) is 0 Å². The third-order valence-corrected chi connectivity index (χ3v) is 7.83. The van der Waals surface area contributed by atoms with Crippen LogP contribution in [0, 0.1) is 29.4 Å². The molecule has 0 N–H and O–H groups in total. The molecule has 0 spiro atoms. The second-order valence-electron chi connectivity index (χ2n) is 9.89. The normalized spacial score (nSPS) is 27.2. The third kappa shape index (κ3) is 6.44. The highest BCUT2D eigenvalue weighted by Crippen LogP contribution is 2.41. The first-order valence-corrected chi connectivity index (χ1v) is 12.7. The summed E-state index contributed by atoms with van der Waals surface area (Å²) in [5.41, 5.74) is 0.552. The van der Waals surface area contributed by atoms with Gasteiger partial charge in [-0.2, -0.15) is 4.39 Å². The molecule has 2 aliphatic carbocycles. The lowest BCUT2D eigenvalue weighted by atomic mass is 9.74. The van der Waals surface area contributed by atoms with Gasteiger partial charge in [0.15, 0.2) is 11.6 Å². The molecule has 2 fully saturated rings. The van der Waals surface area contributed by atoms with Crippen molar-refractivity contribution >= 4 is 0 Å². The first-order valence-electron chi connectivity index (χ1n) is 12.7. The number of unbranched alkanes of at least 4 members (excludes halogenated alkanes) is 2. The lowest BCUT2D eigenvalue weighted by Gasteiger charge is -2.32. The fraction of sp³-hybridized carbons (Fsp3) is 0.778. The van der Waals surface area contributed by atoms with Crippen LogP contribution in [-0.4, -0.2) is 6.61 Å². The fourth-order valence-electron chi connectivity index (χ4n) is 5.85. The molecule has 30 heavy (non-hydrogen) atoms. The Labute approximate surface area is 183 Å². The van der Waals surface area contributed by atoms with Gasteiger partial charge in [-0.25, -0.2) is 4.39 Å². The van der Waals surface area contributed by atoms with Gasteiger partial charge in [-0.15, -0.1) is 0 Å². The van der Waals surface area contributed by atoms with Crippen molar-refractivity contribution in [3.8, 4) is 5.75 Å². The van der Waals surface area contributed by atoms with Crippen molar-refractivity contribution in [2.24, 2.45) is 17.8 Å². The molecule has 0 amide bonds. The monoisotopic (exact) mass is 420 g/mol. The molecule has 1 aromatic carbocycles. The molecule has 0 aliphatic heterocycles. The van der Waals surface area contributed by atoms with Crippen LogP contribution in [0.15, 0.2) is 12.1 Å². The minimum absolute atomic E-state index is 0.0347. The summed E-state index contributed by atoms with van der Waals surface area (Å²) >= 11 is 0. The van der Waals surface area contributed by atoms with Gasteiger partial charge >= 0.3 is 0 Å². The van der Waals surface area contributed by atoms with Crippen LogP contribution < -0.4 is 4.74 Å². The number of rotatable bonds is 10. The van der Waals surface area contributed by atoms with E-state index in [2.05, 4.69) is 6.92 Å². The van der Waals surface area contributed by atoms with Crippen molar-refractivity contribution in [3.63, 3.8) is 0 Å². The molecule has 170 valence electrons. The van der Waals surface area contributed by atoms with Gasteiger partial charge in [-0.1, -0.05) is 77.2 Å². The minimum Gasteiger partial charge on any atom is -0.491 e. The van der Waals surface area contributed by atoms with Crippen molar-refractivity contribution in [2.75, 3.05) is 6.61 Å².